The van der Waals surface area contributed by atoms with Crippen LogP contribution in [0.1, 0.15) is 16.1 Å². The van der Waals surface area contributed by atoms with Gasteiger partial charge >= 0.3 is 0 Å². The maximum Gasteiger partial charge on any atom is 0.251 e. The molecule has 5 rings (SSSR count). The summed E-state index contributed by atoms with van der Waals surface area (Å²) in [5.41, 5.74) is 2.23. The highest BCUT2D eigenvalue weighted by Crippen LogP contribution is 2.21. The van der Waals surface area contributed by atoms with Crippen LogP contribution in [0.2, 0.25) is 0 Å². The molecule has 1 amide bonds. The fraction of sp³-hybridized carbons (Fsp3) is 0.0870. The van der Waals surface area contributed by atoms with Crippen molar-refractivity contribution in [2.75, 3.05) is 6.54 Å². The van der Waals surface area contributed by atoms with Crippen LogP contribution in [-0.2, 0) is 6.42 Å². The second-order valence-electron chi connectivity index (χ2n) is 6.94. The number of rotatable bonds is 5. The molecule has 3 aromatic carbocycles. The van der Waals surface area contributed by atoms with Gasteiger partial charge in [-0.25, -0.2) is 8.91 Å². The van der Waals surface area contributed by atoms with Crippen LogP contribution in [0.15, 0.2) is 72.1 Å². The van der Waals surface area contributed by atoms with E-state index in [1.54, 1.807) is 16.6 Å². The molecule has 0 aliphatic heterocycles. The van der Waals surface area contributed by atoms with Gasteiger partial charge in [0.1, 0.15) is 5.82 Å². The molecule has 0 fully saturated rings. The summed E-state index contributed by atoms with van der Waals surface area (Å²) in [5.74, 6) is 0.0661. The third-order valence-electron chi connectivity index (χ3n) is 4.91. The molecule has 2 aromatic heterocycles. The second-order valence-corrected chi connectivity index (χ2v) is 7.77. The molecular formula is C23H17FN4OS. The molecule has 7 heteroatoms. The number of amides is 1. The zero-order chi connectivity index (χ0) is 20.5. The van der Waals surface area contributed by atoms with Gasteiger partial charge in [0.05, 0.1) is 5.69 Å². The number of nitrogens with one attached hydrogen (secondary N) is 1. The highest BCUT2D eigenvalue weighted by Gasteiger charge is 2.13. The maximum absolute atomic E-state index is 13.5. The molecule has 0 aliphatic carbocycles. The van der Waals surface area contributed by atoms with Gasteiger partial charge in [0, 0.05) is 29.5 Å². The molecule has 5 nitrogen and oxygen atoms in total. The first-order valence-electron chi connectivity index (χ1n) is 9.53. The van der Waals surface area contributed by atoms with Crippen LogP contribution in [0.5, 0.6) is 0 Å². The average molecular weight is 416 g/mol. The predicted octanol–water partition coefficient (Wildman–Crippen LogP) is 4.72. The fourth-order valence-electron chi connectivity index (χ4n) is 3.38. The lowest BCUT2D eigenvalue weighted by Gasteiger charge is -2.06. The number of halogens is 1. The SMILES string of the molecule is O=C(NCCc1csc2nc(-c3cccc(F)c3)nn12)c1ccc2ccccc2c1. The molecule has 0 saturated heterocycles. The monoisotopic (exact) mass is 416 g/mol. The van der Waals surface area contributed by atoms with E-state index >= 15 is 0 Å². The summed E-state index contributed by atoms with van der Waals surface area (Å²) < 4.78 is 15.2. The molecule has 0 radical (unpaired) electrons. The Labute approximate surface area is 175 Å². The minimum absolute atomic E-state index is 0.105. The Morgan fingerprint density at radius 2 is 1.90 bits per heavy atom. The van der Waals surface area contributed by atoms with Gasteiger partial charge in [-0.1, -0.05) is 42.5 Å². The standard InChI is InChI=1S/C23H17FN4OS/c24-19-7-3-6-17(13-19)21-26-23-28(27-21)20(14-30-23)10-11-25-22(29)18-9-8-15-4-1-2-5-16(15)12-18/h1-9,12-14H,10-11H2,(H,25,29). The van der Waals surface area contributed by atoms with Crippen LogP contribution in [0.4, 0.5) is 4.39 Å². The van der Waals surface area contributed by atoms with Crippen molar-refractivity contribution in [3.05, 3.63) is 89.2 Å². The highest BCUT2D eigenvalue weighted by atomic mass is 32.1. The molecular weight excluding hydrogens is 399 g/mol. The van der Waals surface area contributed by atoms with Gasteiger partial charge < -0.3 is 5.32 Å². The molecule has 0 spiro atoms. The van der Waals surface area contributed by atoms with Gasteiger partial charge in [-0.2, -0.15) is 4.98 Å². The summed E-state index contributed by atoms with van der Waals surface area (Å²) in [7, 11) is 0. The second kappa shape index (κ2) is 7.68. The Balaban J connectivity index is 1.28. The zero-order valence-electron chi connectivity index (χ0n) is 15.9. The Morgan fingerprint density at radius 3 is 2.77 bits per heavy atom. The number of carbonyl (C=O) groups excluding carboxylic acids is 1. The van der Waals surface area contributed by atoms with Gasteiger partial charge in [0.2, 0.25) is 4.96 Å². The van der Waals surface area contributed by atoms with Gasteiger partial charge in [0.25, 0.3) is 5.91 Å². The number of nitrogens with zero attached hydrogens (tertiary/aromatic N) is 3. The van der Waals surface area contributed by atoms with Crippen molar-refractivity contribution in [2.24, 2.45) is 0 Å². The minimum atomic E-state index is -0.317. The van der Waals surface area contributed by atoms with Gasteiger partial charge in [0.15, 0.2) is 5.82 Å². The highest BCUT2D eigenvalue weighted by molar-refractivity contribution is 7.15. The quantitative estimate of drug-likeness (QED) is 0.451. The van der Waals surface area contributed by atoms with Crippen molar-refractivity contribution in [1.29, 1.82) is 0 Å². The molecule has 0 atom stereocenters. The van der Waals surface area contributed by atoms with Gasteiger partial charge in [-0.15, -0.1) is 16.4 Å². The van der Waals surface area contributed by atoms with E-state index in [2.05, 4.69) is 15.4 Å². The van der Waals surface area contributed by atoms with E-state index < -0.39 is 0 Å². The lowest BCUT2D eigenvalue weighted by atomic mass is 10.1. The van der Waals surface area contributed by atoms with Crippen molar-refractivity contribution >= 4 is 33.0 Å². The summed E-state index contributed by atoms with van der Waals surface area (Å²) in [4.78, 5) is 17.7. The number of carbonyl (C=O) groups is 1. The summed E-state index contributed by atoms with van der Waals surface area (Å²) in [5, 5.41) is 11.6. The normalized spacial score (nSPS) is 11.2. The maximum atomic E-state index is 13.5. The van der Waals surface area contributed by atoms with Crippen LogP contribution < -0.4 is 5.32 Å². The van der Waals surface area contributed by atoms with Gasteiger partial charge in [-0.3, -0.25) is 4.79 Å². The Morgan fingerprint density at radius 1 is 1.03 bits per heavy atom. The smallest absolute Gasteiger partial charge is 0.251 e. The predicted molar refractivity (Wildman–Crippen MR) is 116 cm³/mol. The third-order valence-corrected chi connectivity index (χ3v) is 5.78. The first kappa shape index (κ1) is 18.4. The number of aromatic nitrogens is 3. The molecule has 0 aliphatic rings. The van der Waals surface area contributed by atoms with Crippen LogP contribution in [-0.4, -0.2) is 27.0 Å². The van der Waals surface area contributed by atoms with Crippen molar-refractivity contribution in [2.45, 2.75) is 6.42 Å². The summed E-state index contributed by atoms with van der Waals surface area (Å²) in [6.45, 7) is 0.479. The van der Waals surface area contributed by atoms with E-state index in [4.69, 9.17) is 0 Å². The van der Waals surface area contributed by atoms with Crippen molar-refractivity contribution in [3.63, 3.8) is 0 Å². The largest absolute Gasteiger partial charge is 0.352 e. The van der Waals surface area contributed by atoms with Crippen LogP contribution in [0, 0.1) is 5.82 Å². The van der Waals surface area contributed by atoms with E-state index in [-0.39, 0.29) is 11.7 Å². The number of hydrogen-bond donors (Lipinski definition) is 1. The van der Waals surface area contributed by atoms with Crippen LogP contribution in [0.25, 0.3) is 27.1 Å². The molecule has 0 saturated carbocycles. The molecule has 30 heavy (non-hydrogen) atoms. The van der Waals surface area contributed by atoms with E-state index in [9.17, 15) is 9.18 Å². The summed E-state index contributed by atoms with van der Waals surface area (Å²) in [6, 6.07) is 19.9. The van der Waals surface area contributed by atoms with Crippen molar-refractivity contribution in [3.8, 4) is 11.4 Å². The Kier molecular flexibility index (Phi) is 4.72. The Hall–Kier alpha value is -3.58. The zero-order valence-corrected chi connectivity index (χ0v) is 16.7. The molecule has 5 aromatic rings. The fourth-order valence-corrected chi connectivity index (χ4v) is 4.24. The van der Waals surface area contributed by atoms with E-state index in [0.717, 1.165) is 21.4 Å². The first-order chi connectivity index (χ1) is 14.7. The number of benzene rings is 3. The van der Waals surface area contributed by atoms with Crippen LogP contribution in [0.3, 0.4) is 0 Å². The molecule has 2 heterocycles. The Bertz CT molecular complexity index is 1370. The number of thiazole rings is 1. The third kappa shape index (κ3) is 3.55. The molecule has 1 N–H and O–H groups in total. The summed E-state index contributed by atoms with van der Waals surface area (Å²) in [6.07, 6.45) is 0.616. The van der Waals surface area contributed by atoms with Crippen molar-refractivity contribution < 1.29 is 9.18 Å². The molecule has 0 unspecified atom stereocenters. The summed E-state index contributed by atoms with van der Waals surface area (Å²) >= 11 is 1.47. The first-order valence-corrected chi connectivity index (χ1v) is 10.4. The van der Waals surface area contributed by atoms with E-state index in [1.165, 1.54) is 23.5 Å². The average Bonchev–Trinajstić information content (AvgIpc) is 3.35. The van der Waals surface area contributed by atoms with Gasteiger partial charge in [-0.05, 0) is 35.0 Å². The lowest BCUT2D eigenvalue weighted by molar-refractivity contribution is 0.0954. The molecule has 148 valence electrons. The van der Waals surface area contributed by atoms with Crippen LogP contribution >= 0.6 is 11.3 Å². The minimum Gasteiger partial charge on any atom is -0.352 e. The van der Waals surface area contributed by atoms with Crippen molar-refractivity contribution in [1.82, 2.24) is 19.9 Å². The topological polar surface area (TPSA) is 59.3 Å². The number of hydrogen-bond acceptors (Lipinski definition) is 4. The number of fused-ring (bicyclic) bond motifs is 2. The van der Waals surface area contributed by atoms with E-state index in [1.807, 2.05) is 47.8 Å². The van der Waals surface area contributed by atoms with E-state index in [0.29, 0.717) is 29.9 Å². The lowest BCUT2D eigenvalue weighted by Crippen LogP contribution is -2.26. The molecule has 0 bridgehead atoms.